The van der Waals surface area contributed by atoms with Gasteiger partial charge >= 0.3 is 0 Å². The Kier molecular flexibility index (Phi) is 3.82. The number of methoxy groups -OCH3 is 2. The van der Waals surface area contributed by atoms with Gasteiger partial charge in [0.05, 0.1) is 19.7 Å². The number of nitrogens with two attached hydrogens (primary N) is 1. The molecule has 1 saturated carbocycles. The molecule has 2 fully saturated rings. The first kappa shape index (κ1) is 15.3. The fraction of sp³-hybridized carbons (Fsp3) is 0.556. The topological polar surface area (TPSA) is 73.5 Å². The van der Waals surface area contributed by atoms with Gasteiger partial charge in [0.1, 0.15) is 5.82 Å². The number of benzene rings is 1. The standard InChI is InChI=1S/C18H24N4O2/c1-23-15-9-13-14(10-16(15)24-2)20-18(21-17(13)19)22-7-5-12(6-8-22)11-3-4-11/h9-12H,3-8H2,1-2H3,(H2,19,20,21). The molecule has 0 amide bonds. The summed E-state index contributed by atoms with van der Waals surface area (Å²) in [6.45, 7) is 2.03. The Balaban J connectivity index is 1.64. The summed E-state index contributed by atoms with van der Waals surface area (Å²) >= 11 is 0. The van der Waals surface area contributed by atoms with Crippen molar-refractivity contribution in [2.45, 2.75) is 25.7 Å². The zero-order chi connectivity index (χ0) is 16.7. The second-order valence-electron chi connectivity index (χ2n) is 6.80. The number of rotatable bonds is 4. The highest BCUT2D eigenvalue weighted by Gasteiger charge is 2.34. The van der Waals surface area contributed by atoms with Crippen LogP contribution in [0.2, 0.25) is 0 Å². The van der Waals surface area contributed by atoms with Gasteiger partial charge in [-0.25, -0.2) is 4.98 Å². The van der Waals surface area contributed by atoms with E-state index in [1.807, 2.05) is 12.1 Å². The van der Waals surface area contributed by atoms with Gasteiger partial charge in [-0.15, -0.1) is 0 Å². The van der Waals surface area contributed by atoms with Crippen LogP contribution >= 0.6 is 0 Å². The van der Waals surface area contributed by atoms with Crippen LogP contribution in [0.25, 0.3) is 10.9 Å². The summed E-state index contributed by atoms with van der Waals surface area (Å²) < 4.78 is 10.7. The number of hydrogen-bond donors (Lipinski definition) is 1. The van der Waals surface area contributed by atoms with Crippen LogP contribution in [0.4, 0.5) is 11.8 Å². The molecule has 2 N–H and O–H groups in total. The summed E-state index contributed by atoms with van der Waals surface area (Å²) in [6, 6.07) is 3.71. The molecule has 1 aromatic carbocycles. The lowest BCUT2D eigenvalue weighted by atomic mass is 9.92. The highest BCUT2D eigenvalue weighted by Crippen LogP contribution is 2.42. The minimum absolute atomic E-state index is 0.486. The molecule has 0 atom stereocenters. The maximum atomic E-state index is 6.19. The molecular weight excluding hydrogens is 304 g/mol. The number of ether oxygens (including phenoxy) is 2. The highest BCUT2D eigenvalue weighted by atomic mass is 16.5. The van der Waals surface area contributed by atoms with Crippen molar-refractivity contribution >= 4 is 22.7 Å². The van der Waals surface area contributed by atoms with E-state index in [-0.39, 0.29) is 0 Å². The lowest BCUT2D eigenvalue weighted by Crippen LogP contribution is -2.35. The number of nitrogens with zero attached hydrogens (tertiary/aromatic N) is 3. The van der Waals surface area contributed by atoms with Crippen LogP contribution in [0.3, 0.4) is 0 Å². The second kappa shape index (κ2) is 6.00. The van der Waals surface area contributed by atoms with E-state index in [4.69, 9.17) is 20.2 Å². The van der Waals surface area contributed by atoms with Crippen LogP contribution in [0.1, 0.15) is 25.7 Å². The summed E-state index contributed by atoms with van der Waals surface area (Å²) in [6.07, 6.45) is 5.31. The zero-order valence-electron chi connectivity index (χ0n) is 14.3. The molecule has 0 spiro atoms. The van der Waals surface area contributed by atoms with Crippen molar-refractivity contribution in [1.29, 1.82) is 0 Å². The Morgan fingerprint density at radius 3 is 2.21 bits per heavy atom. The predicted molar refractivity (Wildman–Crippen MR) is 94.7 cm³/mol. The molecule has 2 aliphatic rings. The van der Waals surface area contributed by atoms with E-state index < -0.39 is 0 Å². The molecule has 24 heavy (non-hydrogen) atoms. The van der Waals surface area contributed by atoms with Crippen molar-refractivity contribution in [3.63, 3.8) is 0 Å². The summed E-state index contributed by atoms with van der Waals surface area (Å²) in [7, 11) is 3.23. The Morgan fingerprint density at radius 2 is 1.58 bits per heavy atom. The molecule has 2 aromatic rings. The van der Waals surface area contributed by atoms with Crippen molar-refractivity contribution in [2.75, 3.05) is 37.9 Å². The largest absolute Gasteiger partial charge is 0.493 e. The molecule has 6 nitrogen and oxygen atoms in total. The van der Waals surface area contributed by atoms with E-state index in [1.54, 1.807) is 14.2 Å². The molecule has 128 valence electrons. The first-order valence-electron chi connectivity index (χ1n) is 8.63. The van der Waals surface area contributed by atoms with Crippen LogP contribution in [-0.4, -0.2) is 37.3 Å². The quantitative estimate of drug-likeness (QED) is 0.930. The van der Waals surface area contributed by atoms with E-state index in [1.165, 1.54) is 25.7 Å². The van der Waals surface area contributed by atoms with E-state index in [9.17, 15) is 0 Å². The number of nitrogen functional groups attached to an aromatic ring is 1. The van der Waals surface area contributed by atoms with Gasteiger partial charge < -0.3 is 20.1 Å². The lowest BCUT2D eigenvalue weighted by molar-refractivity contribution is 0.355. The van der Waals surface area contributed by atoms with Gasteiger partial charge in [0, 0.05) is 24.5 Å². The van der Waals surface area contributed by atoms with Gasteiger partial charge in [-0.2, -0.15) is 4.98 Å². The molecule has 2 heterocycles. The summed E-state index contributed by atoms with van der Waals surface area (Å²) in [4.78, 5) is 11.5. The third kappa shape index (κ3) is 2.70. The lowest BCUT2D eigenvalue weighted by Gasteiger charge is -2.32. The molecule has 0 bridgehead atoms. The SMILES string of the molecule is COc1cc2nc(N3CCC(C4CC4)CC3)nc(N)c2cc1OC. The van der Waals surface area contributed by atoms with Crippen molar-refractivity contribution in [1.82, 2.24) is 9.97 Å². The smallest absolute Gasteiger partial charge is 0.227 e. The van der Waals surface area contributed by atoms with Crippen molar-refractivity contribution in [3.8, 4) is 11.5 Å². The van der Waals surface area contributed by atoms with Gasteiger partial charge in [0.15, 0.2) is 11.5 Å². The van der Waals surface area contributed by atoms with Crippen molar-refractivity contribution in [3.05, 3.63) is 12.1 Å². The molecule has 0 unspecified atom stereocenters. The Bertz CT molecular complexity index is 752. The Labute approximate surface area is 142 Å². The average Bonchev–Trinajstić information content (AvgIpc) is 3.46. The van der Waals surface area contributed by atoms with Crippen molar-refractivity contribution in [2.24, 2.45) is 11.8 Å². The number of fused-ring (bicyclic) bond motifs is 1. The molecule has 0 radical (unpaired) electrons. The van der Waals surface area contributed by atoms with E-state index in [0.717, 1.165) is 41.8 Å². The number of piperidine rings is 1. The fourth-order valence-corrected chi connectivity index (χ4v) is 3.75. The van der Waals surface area contributed by atoms with E-state index in [2.05, 4.69) is 9.88 Å². The molecular formula is C18H24N4O2. The number of anilines is 2. The maximum absolute atomic E-state index is 6.19. The molecule has 1 aromatic heterocycles. The highest BCUT2D eigenvalue weighted by molar-refractivity contribution is 5.91. The zero-order valence-corrected chi connectivity index (χ0v) is 14.3. The predicted octanol–water partition coefficient (Wildman–Crippen LogP) is 2.86. The van der Waals surface area contributed by atoms with Crippen LogP contribution in [0.5, 0.6) is 11.5 Å². The first-order valence-corrected chi connectivity index (χ1v) is 8.63. The summed E-state index contributed by atoms with van der Waals surface area (Å²) in [5, 5.41) is 0.796. The van der Waals surface area contributed by atoms with Gasteiger partial charge in [0.25, 0.3) is 0 Å². The third-order valence-electron chi connectivity index (χ3n) is 5.33. The van der Waals surface area contributed by atoms with Gasteiger partial charge in [-0.05, 0) is 43.6 Å². The third-order valence-corrected chi connectivity index (χ3v) is 5.33. The van der Waals surface area contributed by atoms with Crippen LogP contribution in [-0.2, 0) is 0 Å². The maximum Gasteiger partial charge on any atom is 0.227 e. The van der Waals surface area contributed by atoms with E-state index >= 15 is 0 Å². The van der Waals surface area contributed by atoms with Gasteiger partial charge in [-0.1, -0.05) is 0 Å². The van der Waals surface area contributed by atoms with Crippen LogP contribution in [0.15, 0.2) is 12.1 Å². The summed E-state index contributed by atoms with van der Waals surface area (Å²) in [5.74, 6) is 4.37. The van der Waals surface area contributed by atoms with Crippen molar-refractivity contribution < 1.29 is 9.47 Å². The fourth-order valence-electron chi connectivity index (χ4n) is 3.75. The molecule has 6 heteroatoms. The average molecular weight is 328 g/mol. The molecule has 1 aliphatic carbocycles. The van der Waals surface area contributed by atoms with Crippen LogP contribution < -0.4 is 20.1 Å². The molecule has 1 aliphatic heterocycles. The van der Waals surface area contributed by atoms with Gasteiger partial charge in [0.2, 0.25) is 5.95 Å². The second-order valence-corrected chi connectivity index (χ2v) is 6.80. The monoisotopic (exact) mass is 328 g/mol. The minimum atomic E-state index is 0.486. The minimum Gasteiger partial charge on any atom is -0.493 e. The van der Waals surface area contributed by atoms with Crippen LogP contribution in [0, 0.1) is 11.8 Å². The van der Waals surface area contributed by atoms with E-state index in [0.29, 0.717) is 17.3 Å². The normalized spacial score (nSPS) is 18.8. The number of hydrogen-bond acceptors (Lipinski definition) is 6. The first-order chi connectivity index (χ1) is 11.7. The van der Waals surface area contributed by atoms with Gasteiger partial charge in [-0.3, -0.25) is 0 Å². The molecule has 1 saturated heterocycles. The molecule has 4 rings (SSSR count). The number of aromatic nitrogens is 2. The summed E-state index contributed by atoms with van der Waals surface area (Å²) in [5.41, 5.74) is 6.98. The Morgan fingerprint density at radius 1 is 0.958 bits per heavy atom. The Hall–Kier alpha value is -2.24.